The molecule has 0 amide bonds. The van der Waals surface area contributed by atoms with Crippen LogP contribution in [0.25, 0.3) is 0 Å². The van der Waals surface area contributed by atoms with Gasteiger partial charge in [-0.15, -0.1) is 0 Å². The van der Waals surface area contributed by atoms with Gasteiger partial charge in [0.1, 0.15) is 5.56 Å². The van der Waals surface area contributed by atoms with Crippen LogP contribution >= 0.6 is 0 Å². The highest BCUT2D eigenvalue weighted by Gasteiger charge is 2.19. The molecule has 0 radical (unpaired) electrons. The van der Waals surface area contributed by atoms with Crippen molar-refractivity contribution < 1.29 is 9.90 Å². The third-order valence-corrected chi connectivity index (χ3v) is 2.79. The SMILES string of the molecule is Cc1nn([C@H]2CCCNC2)cc1C(=O)O. The van der Waals surface area contributed by atoms with Gasteiger partial charge in [-0.2, -0.15) is 5.10 Å². The van der Waals surface area contributed by atoms with Crippen LogP contribution in [0.2, 0.25) is 0 Å². The highest BCUT2D eigenvalue weighted by Crippen LogP contribution is 2.17. The van der Waals surface area contributed by atoms with E-state index in [4.69, 9.17) is 5.11 Å². The molecule has 15 heavy (non-hydrogen) atoms. The fourth-order valence-corrected chi connectivity index (χ4v) is 1.94. The van der Waals surface area contributed by atoms with Gasteiger partial charge in [0.05, 0.1) is 11.7 Å². The average molecular weight is 209 g/mol. The predicted octanol–water partition coefficient (Wildman–Crippen LogP) is 0.814. The van der Waals surface area contributed by atoms with Gasteiger partial charge in [-0.1, -0.05) is 0 Å². The monoisotopic (exact) mass is 209 g/mol. The smallest absolute Gasteiger partial charge is 0.339 e. The minimum Gasteiger partial charge on any atom is -0.478 e. The summed E-state index contributed by atoms with van der Waals surface area (Å²) in [4.78, 5) is 10.8. The molecule has 1 fully saturated rings. The summed E-state index contributed by atoms with van der Waals surface area (Å²) in [7, 11) is 0. The fraction of sp³-hybridized carbons (Fsp3) is 0.600. The van der Waals surface area contributed by atoms with Crippen molar-refractivity contribution in [2.45, 2.75) is 25.8 Å². The molecule has 2 N–H and O–H groups in total. The molecule has 0 aromatic carbocycles. The fourth-order valence-electron chi connectivity index (χ4n) is 1.94. The van der Waals surface area contributed by atoms with Crippen LogP contribution < -0.4 is 5.32 Å². The third-order valence-electron chi connectivity index (χ3n) is 2.79. The Morgan fingerprint density at radius 3 is 3.07 bits per heavy atom. The maximum absolute atomic E-state index is 10.8. The van der Waals surface area contributed by atoms with Crippen molar-refractivity contribution in [1.82, 2.24) is 15.1 Å². The Kier molecular flexibility index (Phi) is 2.73. The summed E-state index contributed by atoms with van der Waals surface area (Å²) in [5, 5.41) is 16.4. The van der Waals surface area contributed by atoms with Gasteiger partial charge in [-0.3, -0.25) is 4.68 Å². The van der Waals surface area contributed by atoms with E-state index in [0.29, 0.717) is 17.3 Å². The Labute approximate surface area is 88.1 Å². The van der Waals surface area contributed by atoms with Crippen LogP contribution in [-0.4, -0.2) is 33.9 Å². The second kappa shape index (κ2) is 4.02. The minimum atomic E-state index is -0.900. The topological polar surface area (TPSA) is 67.2 Å². The molecule has 0 spiro atoms. The summed E-state index contributed by atoms with van der Waals surface area (Å²) in [6.45, 7) is 3.65. The molecule has 1 saturated heterocycles. The van der Waals surface area contributed by atoms with Crippen LogP contribution in [0.4, 0.5) is 0 Å². The molecule has 0 saturated carbocycles. The number of aryl methyl sites for hydroxylation is 1. The molecule has 82 valence electrons. The first-order chi connectivity index (χ1) is 7.18. The number of carboxylic acids is 1. The number of carbonyl (C=O) groups is 1. The molecule has 0 unspecified atom stereocenters. The molecule has 5 heteroatoms. The van der Waals surface area contributed by atoms with Crippen molar-refractivity contribution >= 4 is 5.97 Å². The molecule has 1 aliphatic rings. The lowest BCUT2D eigenvalue weighted by Crippen LogP contribution is -2.31. The van der Waals surface area contributed by atoms with Crippen molar-refractivity contribution in [3.63, 3.8) is 0 Å². The third kappa shape index (κ3) is 2.02. The Hall–Kier alpha value is -1.36. The van der Waals surface area contributed by atoms with Crippen LogP contribution in [0, 0.1) is 6.92 Å². The molecule has 5 nitrogen and oxygen atoms in total. The van der Waals surface area contributed by atoms with Gasteiger partial charge in [0.2, 0.25) is 0 Å². The lowest BCUT2D eigenvalue weighted by atomic mass is 10.1. The van der Waals surface area contributed by atoms with Gasteiger partial charge < -0.3 is 10.4 Å². The molecule has 0 bridgehead atoms. The summed E-state index contributed by atoms with van der Waals surface area (Å²) >= 11 is 0. The molecule has 1 aromatic rings. The van der Waals surface area contributed by atoms with Crippen molar-refractivity contribution in [2.24, 2.45) is 0 Å². The summed E-state index contributed by atoms with van der Waals surface area (Å²) in [5.74, 6) is -0.900. The average Bonchev–Trinajstić information content (AvgIpc) is 2.62. The highest BCUT2D eigenvalue weighted by molar-refractivity contribution is 5.88. The molecule has 2 heterocycles. The Morgan fingerprint density at radius 2 is 2.53 bits per heavy atom. The molecule has 2 rings (SSSR count). The summed E-state index contributed by atoms with van der Waals surface area (Å²) in [6, 6.07) is 0.297. The number of nitrogens with one attached hydrogen (secondary N) is 1. The van der Waals surface area contributed by atoms with Crippen molar-refractivity contribution in [2.75, 3.05) is 13.1 Å². The zero-order valence-electron chi connectivity index (χ0n) is 8.73. The highest BCUT2D eigenvalue weighted by atomic mass is 16.4. The first kappa shape index (κ1) is 10.2. The molecule has 1 aromatic heterocycles. The van der Waals surface area contributed by atoms with Gasteiger partial charge in [0, 0.05) is 12.7 Å². The maximum atomic E-state index is 10.8. The van der Waals surface area contributed by atoms with E-state index >= 15 is 0 Å². The van der Waals surface area contributed by atoms with Crippen LogP contribution in [0.5, 0.6) is 0 Å². The second-order valence-electron chi connectivity index (χ2n) is 3.91. The van der Waals surface area contributed by atoms with Gasteiger partial charge in [-0.05, 0) is 26.3 Å². The lowest BCUT2D eigenvalue weighted by Gasteiger charge is -2.22. The normalized spacial score (nSPS) is 21.5. The summed E-state index contributed by atoms with van der Waals surface area (Å²) < 4.78 is 1.78. The predicted molar refractivity (Wildman–Crippen MR) is 55.1 cm³/mol. The molecule has 0 aliphatic carbocycles. The largest absolute Gasteiger partial charge is 0.478 e. The number of nitrogens with zero attached hydrogens (tertiary/aromatic N) is 2. The van der Waals surface area contributed by atoms with Crippen molar-refractivity contribution in [3.8, 4) is 0 Å². The van der Waals surface area contributed by atoms with E-state index in [1.165, 1.54) is 0 Å². The molecular formula is C10H15N3O2. The molecule has 1 aliphatic heterocycles. The maximum Gasteiger partial charge on any atom is 0.339 e. The van der Waals surface area contributed by atoms with Crippen LogP contribution in [0.15, 0.2) is 6.20 Å². The van der Waals surface area contributed by atoms with Gasteiger partial charge in [-0.25, -0.2) is 4.79 Å². The lowest BCUT2D eigenvalue weighted by molar-refractivity contribution is 0.0696. The number of aromatic carboxylic acids is 1. The Morgan fingerprint density at radius 1 is 1.73 bits per heavy atom. The van der Waals surface area contributed by atoms with Gasteiger partial charge in [0.15, 0.2) is 0 Å². The van der Waals surface area contributed by atoms with Crippen LogP contribution in [0.1, 0.15) is 34.9 Å². The van der Waals surface area contributed by atoms with E-state index in [1.807, 2.05) is 0 Å². The van der Waals surface area contributed by atoms with E-state index in [9.17, 15) is 4.79 Å². The Bertz CT molecular complexity index is 367. The number of piperidine rings is 1. The van der Waals surface area contributed by atoms with Crippen LogP contribution in [0.3, 0.4) is 0 Å². The number of hydrogen-bond donors (Lipinski definition) is 2. The Balaban J connectivity index is 2.21. The number of carboxylic acid groups (broad SMARTS) is 1. The second-order valence-corrected chi connectivity index (χ2v) is 3.91. The van der Waals surface area contributed by atoms with Crippen LogP contribution in [-0.2, 0) is 0 Å². The standard InChI is InChI=1S/C10H15N3O2/c1-7-9(10(14)15)6-13(12-7)8-3-2-4-11-5-8/h6,8,11H,2-5H2,1H3,(H,14,15)/t8-/m0/s1. The summed E-state index contributed by atoms with van der Waals surface area (Å²) in [5.41, 5.74) is 0.897. The molecule has 1 atom stereocenters. The van der Waals surface area contributed by atoms with E-state index in [0.717, 1.165) is 25.9 Å². The van der Waals surface area contributed by atoms with E-state index in [1.54, 1.807) is 17.8 Å². The number of hydrogen-bond acceptors (Lipinski definition) is 3. The van der Waals surface area contributed by atoms with Crippen molar-refractivity contribution in [3.05, 3.63) is 17.5 Å². The van der Waals surface area contributed by atoms with E-state index in [2.05, 4.69) is 10.4 Å². The number of rotatable bonds is 2. The number of aromatic nitrogens is 2. The first-order valence-corrected chi connectivity index (χ1v) is 5.18. The van der Waals surface area contributed by atoms with Gasteiger partial charge >= 0.3 is 5.97 Å². The van der Waals surface area contributed by atoms with E-state index in [-0.39, 0.29) is 0 Å². The summed E-state index contributed by atoms with van der Waals surface area (Å²) in [6.07, 6.45) is 3.81. The quantitative estimate of drug-likeness (QED) is 0.756. The first-order valence-electron chi connectivity index (χ1n) is 5.18. The van der Waals surface area contributed by atoms with E-state index < -0.39 is 5.97 Å². The minimum absolute atomic E-state index is 0.297. The van der Waals surface area contributed by atoms with Crippen molar-refractivity contribution in [1.29, 1.82) is 0 Å². The zero-order valence-corrected chi connectivity index (χ0v) is 8.73. The zero-order chi connectivity index (χ0) is 10.8. The van der Waals surface area contributed by atoms with Gasteiger partial charge in [0.25, 0.3) is 0 Å². The molecular weight excluding hydrogens is 194 g/mol.